The highest BCUT2D eigenvalue weighted by atomic mass is 79.9. The molecule has 1 N–H and O–H groups in total. The summed E-state index contributed by atoms with van der Waals surface area (Å²) in [5, 5.41) is 1.54. The lowest BCUT2D eigenvalue weighted by Gasteiger charge is -2.27. The van der Waals surface area contributed by atoms with Gasteiger partial charge in [0.2, 0.25) is 0 Å². The first-order chi connectivity index (χ1) is 19.1. The predicted molar refractivity (Wildman–Crippen MR) is 145 cm³/mol. The molecule has 1 fully saturated rings. The van der Waals surface area contributed by atoms with Crippen LogP contribution in [0.1, 0.15) is 16.7 Å². The van der Waals surface area contributed by atoms with Gasteiger partial charge < -0.3 is 8.92 Å². The number of ether oxygens (including phenoxy) is 1. The van der Waals surface area contributed by atoms with E-state index in [1.54, 1.807) is 19.1 Å². The van der Waals surface area contributed by atoms with E-state index < -0.39 is 51.0 Å². The van der Waals surface area contributed by atoms with Crippen molar-refractivity contribution in [1.82, 2.24) is 5.32 Å². The molecule has 0 radical (unpaired) electrons. The number of alkyl halides is 3. The Hall–Kier alpha value is -3.88. The largest absolute Gasteiger partial charge is 0.493 e. The van der Waals surface area contributed by atoms with Crippen LogP contribution >= 0.6 is 27.5 Å². The van der Waals surface area contributed by atoms with E-state index in [1.807, 2.05) is 5.32 Å². The van der Waals surface area contributed by atoms with Crippen molar-refractivity contribution in [2.75, 3.05) is 12.0 Å². The molecule has 0 spiro atoms. The fourth-order valence-electron chi connectivity index (χ4n) is 3.67. The van der Waals surface area contributed by atoms with Crippen molar-refractivity contribution < 1.29 is 44.9 Å². The molecule has 0 aromatic heterocycles. The topological polar surface area (TPSA) is 119 Å². The van der Waals surface area contributed by atoms with Crippen molar-refractivity contribution in [3.8, 4) is 11.5 Å². The SMILES string of the molecule is COc1cc(/C=C2/C(=O)NC(=O)N(c3cc(C(F)(F)F)ccc3Cl)C2=O)cc(Br)c1OS(=O)(=O)c1ccc(C)cc1. The molecule has 41 heavy (non-hydrogen) atoms. The summed E-state index contributed by atoms with van der Waals surface area (Å²) >= 11 is 9.20. The quantitative estimate of drug-likeness (QED) is 0.198. The molecule has 0 unspecified atom stereocenters. The van der Waals surface area contributed by atoms with E-state index >= 15 is 0 Å². The zero-order valence-corrected chi connectivity index (χ0v) is 24.0. The minimum absolute atomic E-state index is 0.0527. The number of halogens is 5. The molecule has 9 nitrogen and oxygen atoms in total. The summed E-state index contributed by atoms with van der Waals surface area (Å²) in [6, 6.07) is 9.19. The van der Waals surface area contributed by atoms with E-state index in [1.165, 1.54) is 31.4 Å². The third kappa shape index (κ3) is 6.24. The van der Waals surface area contributed by atoms with Crippen LogP contribution in [0.15, 0.2) is 69.5 Å². The number of nitrogens with one attached hydrogen (secondary N) is 1. The molecule has 0 atom stereocenters. The van der Waals surface area contributed by atoms with Gasteiger partial charge >= 0.3 is 22.3 Å². The molecular weight excluding hydrogens is 657 g/mol. The number of urea groups is 1. The first-order valence-electron chi connectivity index (χ1n) is 11.3. The van der Waals surface area contributed by atoms with Gasteiger partial charge in [0.15, 0.2) is 11.5 Å². The Morgan fingerprint density at radius 2 is 1.68 bits per heavy atom. The van der Waals surface area contributed by atoms with E-state index in [4.69, 9.17) is 20.5 Å². The highest BCUT2D eigenvalue weighted by Crippen LogP contribution is 2.40. The molecule has 1 aliphatic heterocycles. The van der Waals surface area contributed by atoms with Gasteiger partial charge in [0.1, 0.15) is 10.5 Å². The second-order valence-corrected chi connectivity index (χ2v) is 11.3. The molecule has 1 heterocycles. The van der Waals surface area contributed by atoms with Crippen LogP contribution in [0.2, 0.25) is 5.02 Å². The summed E-state index contributed by atoms with van der Waals surface area (Å²) < 4.78 is 76.0. The number of amides is 4. The molecular formula is C26H17BrClF3N2O7S. The Labute approximate surface area is 244 Å². The number of barbiturate groups is 1. The van der Waals surface area contributed by atoms with Crippen LogP contribution in [0.4, 0.5) is 23.7 Å². The maximum Gasteiger partial charge on any atom is 0.416 e. The molecule has 0 aliphatic carbocycles. The van der Waals surface area contributed by atoms with E-state index in [0.29, 0.717) is 17.0 Å². The lowest BCUT2D eigenvalue weighted by molar-refractivity contribution is -0.137. The van der Waals surface area contributed by atoms with Gasteiger partial charge in [0, 0.05) is 0 Å². The van der Waals surface area contributed by atoms with E-state index in [0.717, 1.165) is 17.7 Å². The van der Waals surface area contributed by atoms with Crippen molar-refractivity contribution in [2.24, 2.45) is 0 Å². The Morgan fingerprint density at radius 3 is 2.29 bits per heavy atom. The molecule has 214 valence electrons. The molecule has 0 bridgehead atoms. The van der Waals surface area contributed by atoms with Crippen molar-refractivity contribution >= 4 is 67.3 Å². The van der Waals surface area contributed by atoms with Gasteiger partial charge in [0.05, 0.1) is 27.9 Å². The number of hydrogen-bond acceptors (Lipinski definition) is 7. The molecule has 3 aromatic rings. The molecule has 4 amide bonds. The van der Waals surface area contributed by atoms with Gasteiger partial charge in [-0.1, -0.05) is 29.3 Å². The average molecular weight is 674 g/mol. The number of nitrogens with zero attached hydrogens (tertiary/aromatic N) is 1. The number of carbonyl (C=O) groups is 3. The maximum atomic E-state index is 13.3. The highest BCUT2D eigenvalue weighted by Gasteiger charge is 2.39. The molecule has 1 saturated heterocycles. The molecule has 1 aliphatic rings. The Kier molecular flexibility index (Phi) is 8.21. The monoisotopic (exact) mass is 672 g/mol. The van der Waals surface area contributed by atoms with Crippen LogP contribution in [0.5, 0.6) is 11.5 Å². The Bertz CT molecular complexity index is 1730. The van der Waals surface area contributed by atoms with Crippen LogP contribution in [0.3, 0.4) is 0 Å². The predicted octanol–water partition coefficient (Wildman–Crippen LogP) is 5.87. The number of anilines is 1. The smallest absolute Gasteiger partial charge is 0.416 e. The number of aryl methyl sites for hydroxylation is 1. The third-order valence-corrected chi connectivity index (χ3v) is 7.83. The van der Waals surface area contributed by atoms with Gasteiger partial charge in [-0.3, -0.25) is 14.9 Å². The number of methoxy groups -OCH3 is 1. The second-order valence-electron chi connectivity index (χ2n) is 8.51. The Morgan fingerprint density at radius 1 is 1.02 bits per heavy atom. The second kappa shape index (κ2) is 11.2. The van der Waals surface area contributed by atoms with E-state index in [-0.39, 0.29) is 31.5 Å². The summed E-state index contributed by atoms with van der Waals surface area (Å²) in [6.07, 6.45) is -3.77. The minimum atomic E-state index is -4.80. The normalized spacial score (nSPS) is 15.2. The third-order valence-electron chi connectivity index (χ3n) is 5.68. The zero-order valence-electron chi connectivity index (χ0n) is 20.9. The van der Waals surface area contributed by atoms with Crippen molar-refractivity contribution in [2.45, 2.75) is 18.0 Å². The summed E-state index contributed by atoms with van der Waals surface area (Å²) in [7, 11) is -3.06. The standard InChI is InChI=1S/C26H17BrClF3N2O7S/c1-13-3-6-16(7-4-13)41(37,38)40-22-18(27)10-14(11-21(22)39-2)9-17-23(34)32-25(36)33(24(17)35)20-12-15(26(29,30)31)5-8-19(20)28/h3-12H,1-2H3,(H,32,34,36)/b17-9-. The zero-order chi connectivity index (χ0) is 30.3. The number of hydrogen-bond donors (Lipinski definition) is 1. The number of imide groups is 2. The molecule has 15 heteroatoms. The van der Waals surface area contributed by atoms with Crippen LogP contribution in [0.25, 0.3) is 6.08 Å². The lowest BCUT2D eigenvalue weighted by atomic mass is 10.1. The molecule has 0 saturated carbocycles. The highest BCUT2D eigenvalue weighted by molar-refractivity contribution is 9.10. The van der Waals surface area contributed by atoms with Crippen molar-refractivity contribution in [1.29, 1.82) is 0 Å². The number of carbonyl (C=O) groups excluding carboxylic acids is 3. The van der Waals surface area contributed by atoms with Crippen LogP contribution < -0.4 is 19.1 Å². The van der Waals surface area contributed by atoms with Crippen LogP contribution in [0, 0.1) is 6.92 Å². The Balaban J connectivity index is 1.73. The maximum absolute atomic E-state index is 13.3. The fourth-order valence-corrected chi connectivity index (χ4v) is 5.48. The summed E-state index contributed by atoms with van der Waals surface area (Å²) in [5.74, 6) is -2.73. The number of benzene rings is 3. The molecule has 4 rings (SSSR count). The average Bonchev–Trinajstić information content (AvgIpc) is 2.88. The van der Waals surface area contributed by atoms with Crippen molar-refractivity contribution in [3.63, 3.8) is 0 Å². The first kappa shape index (κ1) is 30.1. The van der Waals surface area contributed by atoms with Gasteiger partial charge in [0.25, 0.3) is 11.8 Å². The summed E-state index contributed by atoms with van der Waals surface area (Å²) in [6.45, 7) is 1.78. The summed E-state index contributed by atoms with van der Waals surface area (Å²) in [5.41, 5.74) is -1.46. The fraction of sp³-hybridized carbons (Fsp3) is 0.115. The minimum Gasteiger partial charge on any atom is -0.493 e. The van der Waals surface area contributed by atoms with Crippen LogP contribution in [-0.4, -0.2) is 33.4 Å². The van der Waals surface area contributed by atoms with Gasteiger partial charge in [-0.2, -0.15) is 21.6 Å². The van der Waals surface area contributed by atoms with Gasteiger partial charge in [-0.15, -0.1) is 0 Å². The van der Waals surface area contributed by atoms with E-state index in [9.17, 15) is 36.0 Å². The lowest BCUT2D eigenvalue weighted by Crippen LogP contribution is -2.54. The van der Waals surface area contributed by atoms with Crippen LogP contribution in [-0.2, 0) is 25.9 Å². The number of rotatable bonds is 6. The molecule has 3 aromatic carbocycles. The van der Waals surface area contributed by atoms with E-state index in [2.05, 4.69) is 15.9 Å². The first-order valence-corrected chi connectivity index (χ1v) is 13.9. The van der Waals surface area contributed by atoms with Crippen molar-refractivity contribution in [3.05, 3.63) is 86.4 Å². The van der Waals surface area contributed by atoms with Gasteiger partial charge in [-0.05, 0) is 77.0 Å². The van der Waals surface area contributed by atoms with Gasteiger partial charge in [-0.25, -0.2) is 9.69 Å². The summed E-state index contributed by atoms with van der Waals surface area (Å²) in [4.78, 5) is 38.5.